The number of amides is 1. The summed E-state index contributed by atoms with van der Waals surface area (Å²) < 4.78 is 28.0. The van der Waals surface area contributed by atoms with Gasteiger partial charge in [-0.3, -0.25) is 4.79 Å². The second-order valence-electron chi connectivity index (χ2n) is 4.67. The molecule has 2 heterocycles. The maximum absolute atomic E-state index is 13.5. The minimum Gasteiger partial charge on any atom is -0.318 e. The fourth-order valence-corrected chi connectivity index (χ4v) is 1.97. The van der Waals surface area contributed by atoms with E-state index in [4.69, 9.17) is 0 Å². The van der Waals surface area contributed by atoms with E-state index in [9.17, 15) is 13.6 Å². The van der Waals surface area contributed by atoms with Crippen LogP contribution in [0.3, 0.4) is 0 Å². The number of pyridine rings is 1. The molecule has 1 amide bonds. The molecule has 1 N–H and O–H groups in total. The molecule has 1 aromatic carbocycles. The van der Waals surface area contributed by atoms with Gasteiger partial charge in [0.05, 0.1) is 5.69 Å². The van der Waals surface area contributed by atoms with Crippen LogP contribution in [0.1, 0.15) is 16.1 Å². The zero-order valence-electron chi connectivity index (χ0n) is 11.1. The molecule has 3 rings (SSSR count). The molecule has 0 bridgehead atoms. The predicted octanol–water partition coefficient (Wildman–Crippen LogP) is 3.17. The van der Waals surface area contributed by atoms with Crippen LogP contribution < -0.4 is 5.32 Å². The fourth-order valence-electron chi connectivity index (χ4n) is 1.97. The third-order valence-electron chi connectivity index (χ3n) is 3.03. The molecule has 21 heavy (non-hydrogen) atoms. The monoisotopic (exact) mass is 287 g/mol. The number of carbonyl (C=O) groups excluding carboxylic acids is 1. The van der Waals surface area contributed by atoms with Gasteiger partial charge in [0, 0.05) is 18.5 Å². The van der Waals surface area contributed by atoms with Crippen LogP contribution in [0.15, 0.2) is 42.7 Å². The van der Waals surface area contributed by atoms with Crippen LogP contribution >= 0.6 is 0 Å². The Morgan fingerprint density at radius 3 is 2.81 bits per heavy atom. The van der Waals surface area contributed by atoms with Crippen molar-refractivity contribution in [1.82, 2.24) is 9.38 Å². The number of aromatic nitrogens is 2. The van der Waals surface area contributed by atoms with Crippen LogP contribution in [-0.2, 0) is 0 Å². The van der Waals surface area contributed by atoms with E-state index < -0.39 is 17.5 Å². The number of fused-ring (bicyclic) bond motifs is 1. The van der Waals surface area contributed by atoms with Gasteiger partial charge in [0.25, 0.3) is 5.91 Å². The lowest BCUT2D eigenvalue weighted by molar-refractivity contribution is 0.102. The van der Waals surface area contributed by atoms with E-state index in [0.717, 1.165) is 11.6 Å². The van der Waals surface area contributed by atoms with E-state index in [-0.39, 0.29) is 11.4 Å². The van der Waals surface area contributed by atoms with Crippen LogP contribution in [0.2, 0.25) is 0 Å². The molecule has 0 aliphatic rings. The molecular weight excluding hydrogens is 276 g/mol. The van der Waals surface area contributed by atoms with Gasteiger partial charge in [-0.2, -0.15) is 0 Å². The highest BCUT2D eigenvalue weighted by Crippen LogP contribution is 2.16. The average molecular weight is 287 g/mol. The predicted molar refractivity (Wildman–Crippen MR) is 74.2 cm³/mol. The van der Waals surface area contributed by atoms with Crippen LogP contribution in [0.25, 0.3) is 5.65 Å². The molecule has 0 aliphatic heterocycles. The van der Waals surface area contributed by atoms with Crippen LogP contribution in [-0.4, -0.2) is 15.3 Å². The summed E-state index contributed by atoms with van der Waals surface area (Å²) in [7, 11) is 0. The van der Waals surface area contributed by atoms with Crippen molar-refractivity contribution < 1.29 is 13.6 Å². The number of halogens is 2. The van der Waals surface area contributed by atoms with Crippen molar-refractivity contribution in [2.24, 2.45) is 0 Å². The van der Waals surface area contributed by atoms with Crippen molar-refractivity contribution >= 4 is 17.2 Å². The summed E-state index contributed by atoms with van der Waals surface area (Å²) in [5.74, 6) is -2.08. The Labute approximate surface area is 119 Å². The molecule has 106 valence electrons. The summed E-state index contributed by atoms with van der Waals surface area (Å²) in [5.41, 5.74) is 1.71. The molecule has 0 fully saturated rings. The molecule has 0 spiro atoms. The molecule has 0 atom stereocenters. The first-order chi connectivity index (χ1) is 10.0. The minimum atomic E-state index is -0.831. The standard InChI is InChI=1S/C15H11F2N3O/c1-9-4-5-20-8-13(18-14(20)6-9)15(21)19-12-3-2-10(16)7-11(12)17/h2-8H,1H3,(H,19,21). The summed E-state index contributed by atoms with van der Waals surface area (Å²) in [5, 5.41) is 2.37. The Kier molecular flexibility index (Phi) is 3.13. The Hall–Kier alpha value is -2.76. The SMILES string of the molecule is Cc1ccn2cc(C(=O)Nc3ccc(F)cc3F)nc2c1. The minimum absolute atomic E-state index is 0.0883. The fraction of sp³-hybridized carbons (Fsp3) is 0.0667. The number of carbonyl (C=O) groups is 1. The number of anilines is 1. The van der Waals surface area contributed by atoms with E-state index in [0.29, 0.717) is 11.7 Å². The van der Waals surface area contributed by atoms with E-state index in [1.165, 1.54) is 6.07 Å². The molecule has 2 aromatic heterocycles. The summed E-state index contributed by atoms with van der Waals surface area (Å²) >= 11 is 0. The van der Waals surface area contributed by atoms with Gasteiger partial charge in [-0.25, -0.2) is 13.8 Å². The number of aryl methyl sites for hydroxylation is 1. The smallest absolute Gasteiger partial charge is 0.275 e. The molecule has 0 saturated heterocycles. The number of nitrogens with one attached hydrogen (secondary N) is 1. The first-order valence-electron chi connectivity index (χ1n) is 6.25. The first kappa shape index (κ1) is 13.2. The summed E-state index contributed by atoms with van der Waals surface area (Å²) in [6.45, 7) is 1.92. The summed E-state index contributed by atoms with van der Waals surface area (Å²) in [4.78, 5) is 16.2. The molecule has 0 radical (unpaired) electrons. The number of hydrogen-bond acceptors (Lipinski definition) is 2. The molecule has 0 unspecified atom stereocenters. The quantitative estimate of drug-likeness (QED) is 0.787. The van der Waals surface area contributed by atoms with Gasteiger partial charge in [0.1, 0.15) is 23.0 Å². The number of imidazole rings is 1. The second-order valence-corrected chi connectivity index (χ2v) is 4.67. The van der Waals surface area contributed by atoms with Gasteiger partial charge in [-0.15, -0.1) is 0 Å². The third kappa shape index (κ3) is 2.60. The van der Waals surface area contributed by atoms with Crippen molar-refractivity contribution in [2.75, 3.05) is 5.32 Å². The zero-order valence-corrected chi connectivity index (χ0v) is 11.1. The molecule has 3 aromatic rings. The Morgan fingerprint density at radius 2 is 2.05 bits per heavy atom. The molecule has 0 saturated carbocycles. The molecule has 4 nitrogen and oxygen atoms in total. The highest BCUT2D eigenvalue weighted by molar-refractivity contribution is 6.03. The van der Waals surface area contributed by atoms with Crippen molar-refractivity contribution in [3.05, 3.63) is 65.6 Å². The Balaban J connectivity index is 1.89. The van der Waals surface area contributed by atoms with E-state index in [1.54, 1.807) is 16.8 Å². The van der Waals surface area contributed by atoms with Crippen LogP contribution in [0.4, 0.5) is 14.5 Å². The maximum atomic E-state index is 13.5. The number of hydrogen-bond donors (Lipinski definition) is 1. The molecule has 0 aliphatic carbocycles. The lowest BCUT2D eigenvalue weighted by Gasteiger charge is -2.04. The van der Waals surface area contributed by atoms with E-state index >= 15 is 0 Å². The Bertz CT molecular complexity index is 842. The Morgan fingerprint density at radius 1 is 1.24 bits per heavy atom. The number of nitrogens with zero attached hydrogens (tertiary/aromatic N) is 2. The largest absolute Gasteiger partial charge is 0.318 e. The second kappa shape index (κ2) is 4.97. The van der Waals surface area contributed by atoms with Gasteiger partial charge < -0.3 is 9.72 Å². The van der Waals surface area contributed by atoms with Crippen LogP contribution in [0, 0.1) is 18.6 Å². The van der Waals surface area contributed by atoms with Gasteiger partial charge in [0.2, 0.25) is 0 Å². The summed E-state index contributed by atoms with van der Waals surface area (Å²) in [6, 6.07) is 6.67. The topological polar surface area (TPSA) is 46.4 Å². The van der Waals surface area contributed by atoms with Crippen molar-refractivity contribution in [2.45, 2.75) is 6.92 Å². The average Bonchev–Trinajstić information content (AvgIpc) is 2.85. The van der Waals surface area contributed by atoms with E-state index in [1.807, 2.05) is 19.1 Å². The van der Waals surface area contributed by atoms with Gasteiger partial charge in [-0.05, 0) is 36.8 Å². The normalized spacial score (nSPS) is 10.8. The first-order valence-corrected chi connectivity index (χ1v) is 6.25. The number of rotatable bonds is 2. The lowest BCUT2D eigenvalue weighted by atomic mass is 10.3. The zero-order chi connectivity index (χ0) is 15.0. The highest BCUT2D eigenvalue weighted by Gasteiger charge is 2.13. The number of benzene rings is 1. The van der Waals surface area contributed by atoms with Gasteiger partial charge >= 0.3 is 0 Å². The maximum Gasteiger partial charge on any atom is 0.275 e. The summed E-state index contributed by atoms with van der Waals surface area (Å²) in [6.07, 6.45) is 3.33. The van der Waals surface area contributed by atoms with Crippen molar-refractivity contribution in [3.63, 3.8) is 0 Å². The van der Waals surface area contributed by atoms with Crippen LogP contribution in [0.5, 0.6) is 0 Å². The highest BCUT2D eigenvalue weighted by atomic mass is 19.1. The third-order valence-corrected chi connectivity index (χ3v) is 3.03. The van der Waals surface area contributed by atoms with Gasteiger partial charge in [-0.1, -0.05) is 0 Å². The molecular formula is C15H11F2N3O. The van der Waals surface area contributed by atoms with Crippen molar-refractivity contribution in [1.29, 1.82) is 0 Å². The lowest BCUT2D eigenvalue weighted by Crippen LogP contribution is -2.13. The van der Waals surface area contributed by atoms with Crippen molar-refractivity contribution in [3.8, 4) is 0 Å². The molecule has 6 heteroatoms. The van der Waals surface area contributed by atoms with Gasteiger partial charge in [0.15, 0.2) is 0 Å². The van der Waals surface area contributed by atoms with E-state index in [2.05, 4.69) is 10.3 Å².